The average molecular weight is 266 g/mol. The van der Waals surface area contributed by atoms with Crippen molar-refractivity contribution in [2.75, 3.05) is 0 Å². The molecule has 1 aromatic carbocycles. The zero-order valence-corrected chi connectivity index (χ0v) is 11.5. The van der Waals surface area contributed by atoms with Crippen LogP contribution in [0.4, 0.5) is 0 Å². The Labute approximate surface area is 118 Å². The topological polar surface area (TPSA) is 56.6 Å². The van der Waals surface area contributed by atoms with Gasteiger partial charge in [0.15, 0.2) is 5.78 Å². The average Bonchev–Trinajstić information content (AvgIpc) is 2.92. The Morgan fingerprint density at radius 1 is 1.30 bits per heavy atom. The van der Waals surface area contributed by atoms with Crippen molar-refractivity contribution in [1.82, 2.24) is 4.98 Å². The Hall–Kier alpha value is -2.08. The number of hydrogen-bond acceptors (Lipinski definition) is 2. The van der Waals surface area contributed by atoms with Gasteiger partial charge in [-0.1, -0.05) is 38.2 Å². The molecule has 1 saturated carbocycles. The van der Waals surface area contributed by atoms with Gasteiger partial charge in [-0.15, -0.1) is 0 Å². The molecule has 3 rings (SSSR count). The highest BCUT2D eigenvalue weighted by atomic mass is 16.1. The molecule has 3 nitrogen and oxygen atoms in total. The number of nitrogens with one attached hydrogen (secondary N) is 1. The molecule has 1 fully saturated rings. The maximum absolute atomic E-state index is 12.5. The maximum atomic E-state index is 12.5. The van der Waals surface area contributed by atoms with Crippen LogP contribution < -0.4 is 0 Å². The molecule has 0 bridgehead atoms. The van der Waals surface area contributed by atoms with Crippen LogP contribution in [-0.4, -0.2) is 10.8 Å². The molecule has 1 aliphatic rings. The molecule has 1 aliphatic carbocycles. The van der Waals surface area contributed by atoms with Gasteiger partial charge < -0.3 is 4.98 Å². The van der Waals surface area contributed by atoms with Crippen LogP contribution in [0.1, 0.15) is 54.4 Å². The van der Waals surface area contributed by atoms with E-state index in [1.54, 1.807) is 12.3 Å². The van der Waals surface area contributed by atoms with Gasteiger partial charge in [0.05, 0.1) is 11.6 Å². The van der Waals surface area contributed by atoms with Crippen molar-refractivity contribution in [2.24, 2.45) is 5.92 Å². The summed E-state index contributed by atoms with van der Waals surface area (Å²) in [5.74, 6) is 0.696. The quantitative estimate of drug-likeness (QED) is 0.847. The summed E-state index contributed by atoms with van der Waals surface area (Å²) in [7, 11) is 0. The molecule has 0 atom stereocenters. The van der Waals surface area contributed by atoms with Gasteiger partial charge in [-0.2, -0.15) is 5.26 Å². The molecule has 0 saturated heterocycles. The van der Waals surface area contributed by atoms with Gasteiger partial charge in [0.25, 0.3) is 0 Å². The smallest absolute Gasteiger partial charge is 0.165 e. The second-order valence-electron chi connectivity index (χ2n) is 5.67. The van der Waals surface area contributed by atoms with Crippen LogP contribution in [0.2, 0.25) is 0 Å². The third kappa shape index (κ3) is 2.34. The Morgan fingerprint density at radius 3 is 2.85 bits per heavy atom. The van der Waals surface area contributed by atoms with Crippen molar-refractivity contribution in [3.8, 4) is 6.07 Å². The highest BCUT2D eigenvalue weighted by Gasteiger charge is 2.21. The van der Waals surface area contributed by atoms with Crippen LogP contribution in [-0.2, 0) is 0 Å². The second kappa shape index (κ2) is 5.50. The molecule has 1 N–H and O–H groups in total. The molecule has 0 radical (unpaired) electrons. The number of carbonyl (C=O) groups excluding carboxylic acids is 1. The van der Waals surface area contributed by atoms with E-state index in [1.807, 2.05) is 12.1 Å². The second-order valence-corrected chi connectivity index (χ2v) is 5.67. The lowest BCUT2D eigenvalue weighted by Gasteiger charge is -2.20. The summed E-state index contributed by atoms with van der Waals surface area (Å²) in [6.45, 7) is 0. The number of carbonyl (C=O) groups is 1. The molecule has 0 unspecified atom stereocenters. The molecule has 102 valence electrons. The summed E-state index contributed by atoms with van der Waals surface area (Å²) in [4.78, 5) is 15.6. The molecular formula is C17H18N2O. The summed E-state index contributed by atoms with van der Waals surface area (Å²) in [5, 5.41) is 9.99. The molecule has 3 heteroatoms. The summed E-state index contributed by atoms with van der Waals surface area (Å²) in [6, 6.07) is 7.70. The fraction of sp³-hybridized carbons (Fsp3) is 0.412. The maximum Gasteiger partial charge on any atom is 0.165 e. The van der Waals surface area contributed by atoms with Crippen LogP contribution in [0, 0.1) is 17.2 Å². The third-order valence-corrected chi connectivity index (χ3v) is 4.33. The fourth-order valence-corrected chi connectivity index (χ4v) is 3.26. The first-order valence-electron chi connectivity index (χ1n) is 7.33. The molecule has 1 aromatic heterocycles. The molecular weight excluding hydrogens is 248 g/mol. The number of aromatic amines is 1. The highest BCUT2D eigenvalue weighted by molar-refractivity contribution is 6.09. The lowest BCUT2D eigenvalue weighted by Crippen LogP contribution is -2.12. The van der Waals surface area contributed by atoms with E-state index in [2.05, 4.69) is 11.1 Å². The lowest BCUT2D eigenvalue weighted by atomic mass is 9.84. The lowest BCUT2D eigenvalue weighted by molar-refractivity contribution is 0.0952. The summed E-state index contributed by atoms with van der Waals surface area (Å²) >= 11 is 0. The van der Waals surface area contributed by atoms with E-state index in [-0.39, 0.29) is 5.78 Å². The number of aromatic nitrogens is 1. The van der Waals surface area contributed by atoms with Crippen molar-refractivity contribution in [1.29, 1.82) is 5.26 Å². The van der Waals surface area contributed by atoms with E-state index in [0.717, 1.165) is 10.9 Å². The SMILES string of the molecule is N#Cc1cccc2[nH]cc(C(=O)CC3CCCCC3)c12. The minimum atomic E-state index is 0.172. The summed E-state index contributed by atoms with van der Waals surface area (Å²) < 4.78 is 0. The number of ketones is 1. The zero-order valence-electron chi connectivity index (χ0n) is 11.5. The monoisotopic (exact) mass is 266 g/mol. The van der Waals surface area contributed by atoms with Gasteiger partial charge in [-0.3, -0.25) is 4.79 Å². The first kappa shape index (κ1) is 12.9. The van der Waals surface area contributed by atoms with E-state index >= 15 is 0 Å². The first-order chi connectivity index (χ1) is 9.79. The van der Waals surface area contributed by atoms with E-state index in [9.17, 15) is 10.1 Å². The minimum absolute atomic E-state index is 0.172. The van der Waals surface area contributed by atoms with Gasteiger partial charge >= 0.3 is 0 Å². The molecule has 2 aromatic rings. The van der Waals surface area contributed by atoms with Crippen molar-refractivity contribution in [3.63, 3.8) is 0 Å². The van der Waals surface area contributed by atoms with Crippen molar-refractivity contribution in [3.05, 3.63) is 35.5 Å². The standard InChI is InChI=1S/C17H18N2O/c18-10-13-7-4-8-15-17(13)14(11-19-15)16(20)9-12-5-2-1-3-6-12/h4,7-8,11-12,19H,1-3,5-6,9H2. The van der Waals surface area contributed by atoms with Crippen molar-refractivity contribution < 1.29 is 4.79 Å². The summed E-state index contributed by atoms with van der Waals surface area (Å²) in [5.41, 5.74) is 2.13. The van der Waals surface area contributed by atoms with E-state index in [0.29, 0.717) is 23.5 Å². The number of benzene rings is 1. The predicted octanol–water partition coefficient (Wildman–Crippen LogP) is 4.19. The normalized spacial score (nSPS) is 16.1. The van der Waals surface area contributed by atoms with Gasteiger partial charge in [0.2, 0.25) is 0 Å². The third-order valence-electron chi connectivity index (χ3n) is 4.33. The van der Waals surface area contributed by atoms with Crippen molar-refractivity contribution >= 4 is 16.7 Å². The number of hydrogen-bond donors (Lipinski definition) is 1. The predicted molar refractivity (Wildman–Crippen MR) is 78.5 cm³/mol. The Balaban J connectivity index is 1.90. The number of H-pyrrole nitrogens is 1. The molecule has 1 heterocycles. The number of nitriles is 1. The zero-order chi connectivity index (χ0) is 13.9. The highest BCUT2D eigenvalue weighted by Crippen LogP contribution is 2.30. The van der Waals surface area contributed by atoms with Crippen LogP contribution in [0.3, 0.4) is 0 Å². The minimum Gasteiger partial charge on any atom is -0.360 e. The number of rotatable bonds is 3. The number of fused-ring (bicyclic) bond motifs is 1. The number of Topliss-reactive ketones (excluding diaryl/α,β-unsaturated/α-hetero) is 1. The Morgan fingerprint density at radius 2 is 2.10 bits per heavy atom. The molecule has 0 aliphatic heterocycles. The van der Waals surface area contributed by atoms with E-state index < -0.39 is 0 Å². The largest absolute Gasteiger partial charge is 0.360 e. The van der Waals surface area contributed by atoms with E-state index in [4.69, 9.17) is 0 Å². The molecule has 0 amide bonds. The van der Waals surface area contributed by atoms with Crippen LogP contribution in [0.5, 0.6) is 0 Å². The van der Waals surface area contributed by atoms with Crippen LogP contribution in [0.15, 0.2) is 24.4 Å². The first-order valence-corrected chi connectivity index (χ1v) is 7.33. The molecule has 20 heavy (non-hydrogen) atoms. The number of nitrogens with zero attached hydrogens (tertiary/aromatic N) is 1. The molecule has 0 spiro atoms. The van der Waals surface area contributed by atoms with Crippen LogP contribution in [0.25, 0.3) is 10.9 Å². The van der Waals surface area contributed by atoms with Gasteiger partial charge in [0.1, 0.15) is 0 Å². The Bertz CT molecular complexity index is 672. The fourth-order valence-electron chi connectivity index (χ4n) is 3.26. The van der Waals surface area contributed by atoms with Gasteiger partial charge in [-0.05, 0) is 18.1 Å². The van der Waals surface area contributed by atoms with Crippen molar-refractivity contribution in [2.45, 2.75) is 38.5 Å². The Kier molecular flexibility index (Phi) is 3.56. The van der Waals surface area contributed by atoms with Gasteiger partial charge in [-0.25, -0.2) is 0 Å². The van der Waals surface area contributed by atoms with E-state index in [1.165, 1.54) is 32.1 Å². The van der Waals surface area contributed by atoms with Gasteiger partial charge in [0, 0.05) is 29.1 Å². The van der Waals surface area contributed by atoms with Crippen LogP contribution >= 0.6 is 0 Å². The summed E-state index contributed by atoms with van der Waals surface area (Å²) in [6.07, 6.45) is 8.50.